The first-order valence-corrected chi connectivity index (χ1v) is 14.7. The Bertz CT molecular complexity index is 1580. The number of nitrogen functional groups attached to an aromatic ring is 1. The number of carboxylic acid groups (broad SMARTS) is 1. The van der Waals surface area contributed by atoms with Crippen LogP contribution < -0.4 is 16.5 Å². The molecule has 2 atom stereocenters. The molecule has 1 aromatic carbocycles. The van der Waals surface area contributed by atoms with Gasteiger partial charge >= 0.3 is 5.97 Å². The lowest BCUT2D eigenvalue weighted by atomic mass is 10.0. The van der Waals surface area contributed by atoms with Crippen molar-refractivity contribution in [3.05, 3.63) is 62.9 Å². The van der Waals surface area contributed by atoms with E-state index in [0.717, 1.165) is 20.2 Å². The molecule has 1 saturated heterocycles. The number of benzene rings is 1. The molecule has 2 aliphatic heterocycles. The second-order valence-corrected chi connectivity index (χ2v) is 12.4. The molecule has 11 nitrogen and oxygen atoms in total. The average Bonchev–Trinajstić information content (AvgIpc) is 3.33. The number of aromatic nitrogens is 1. The maximum Gasteiger partial charge on any atom is 0.352 e. The number of thiazole rings is 1. The van der Waals surface area contributed by atoms with E-state index in [2.05, 4.69) is 15.5 Å². The normalized spacial score (nSPS) is 19.2. The first-order chi connectivity index (χ1) is 18.3. The Balaban J connectivity index is 1.32. The van der Waals surface area contributed by atoms with Crippen molar-refractivity contribution in [2.45, 2.75) is 15.6 Å². The third-order valence-electron chi connectivity index (χ3n) is 5.70. The molecule has 5 rings (SSSR count). The van der Waals surface area contributed by atoms with Gasteiger partial charge in [-0.05, 0) is 17.7 Å². The summed E-state index contributed by atoms with van der Waals surface area (Å²) in [5.41, 5.74) is 6.08. The molecule has 3 aromatic rings. The van der Waals surface area contributed by atoms with Crippen molar-refractivity contribution in [3.63, 3.8) is 0 Å². The Kier molecular flexibility index (Phi) is 7.43. The van der Waals surface area contributed by atoms with Gasteiger partial charge in [-0.15, -0.1) is 46.2 Å². The van der Waals surface area contributed by atoms with Crippen LogP contribution >= 0.6 is 46.2 Å². The standard InChI is InChI=1S/C23H19N5O6S4/c1-34-27-16(12-9-37-23(24)25-12)19(30)26-17-20(31)28-18(22(32)33)10(8-36-21(17)28)7-35-15-6-13(29)11-4-2-3-5-14(11)38-15/h2-6,9,17,21H,7-8H2,1H3,(H2,24,25)(H,26,30)(H,32,33)/b27-16-/t17-,21+/m1/s1. The maximum absolute atomic E-state index is 13.0. The van der Waals surface area contributed by atoms with E-state index in [9.17, 15) is 24.3 Å². The lowest BCUT2D eigenvalue weighted by molar-refractivity contribution is -0.150. The van der Waals surface area contributed by atoms with Gasteiger partial charge in [0, 0.05) is 33.0 Å². The molecule has 2 aromatic heterocycles. The highest BCUT2D eigenvalue weighted by Crippen LogP contribution is 2.42. The van der Waals surface area contributed by atoms with Gasteiger partial charge in [0.05, 0.1) is 4.21 Å². The summed E-state index contributed by atoms with van der Waals surface area (Å²) in [6.45, 7) is 0. The number of carbonyl (C=O) groups is 3. The van der Waals surface area contributed by atoms with Crippen molar-refractivity contribution in [1.82, 2.24) is 15.2 Å². The van der Waals surface area contributed by atoms with E-state index in [4.69, 9.17) is 10.6 Å². The fourth-order valence-corrected chi connectivity index (χ4v) is 8.27. The van der Waals surface area contributed by atoms with Gasteiger partial charge in [0.25, 0.3) is 11.8 Å². The Morgan fingerprint density at radius 3 is 2.84 bits per heavy atom. The van der Waals surface area contributed by atoms with Crippen LogP contribution in [0.1, 0.15) is 5.69 Å². The number of hydrogen-bond donors (Lipinski definition) is 3. The number of nitrogens with two attached hydrogens (primary N) is 1. The highest BCUT2D eigenvalue weighted by molar-refractivity contribution is 8.02. The molecule has 2 amide bonds. The zero-order valence-electron chi connectivity index (χ0n) is 19.6. The van der Waals surface area contributed by atoms with Crippen LogP contribution in [0.2, 0.25) is 0 Å². The second kappa shape index (κ2) is 10.8. The van der Waals surface area contributed by atoms with Gasteiger partial charge in [-0.3, -0.25) is 19.3 Å². The van der Waals surface area contributed by atoms with E-state index in [0.29, 0.717) is 22.5 Å². The van der Waals surface area contributed by atoms with Crippen LogP contribution in [-0.4, -0.2) is 68.5 Å². The number of hydrogen-bond acceptors (Lipinski definition) is 12. The summed E-state index contributed by atoms with van der Waals surface area (Å²) >= 11 is 5.29. The fourth-order valence-electron chi connectivity index (χ4n) is 4.01. The summed E-state index contributed by atoms with van der Waals surface area (Å²) < 4.78 is 1.60. The molecule has 0 spiro atoms. The summed E-state index contributed by atoms with van der Waals surface area (Å²) in [4.78, 5) is 60.5. The Labute approximate surface area is 231 Å². The van der Waals surface area contributed by atoms with Crippen LogP contribution in [0.3, 0.4) is 0 Å². The van der Waals surface area contributed by atoms with Crippen molar-refractivity contribution in [3.8, 4) is 0 Å². The minimum absolute atomic E-state index is 0.0945. The monoisotopic (exact) mass is 589 g/mol. The molecule has 0 bridgehead atoms. The molecule has 0 unspecified atom stereocenters. The first-order valence-electron chi connectivity index (χ1n) is 11.0. The summed E-state index contributed by atoms with van der Waals surface area (Å²) in [5, 5.41) is 18.1. The minimum atomic E-state index is -1.23. The molecular weight excluding hydrogens is 571 g/mol. The third kappa shape index (κ3) is 4.89. The van der Waals surface area contributed by atoms with Crippen molar-refractivity contribution >= 4 is 84.9 Å². The van der Waals surface area contributed by atoms with Crippen molar-refractivity contribution in [1.29, 1.82) is 0 Å². The number of thioether (sulfide) groups is 2. The molecule has 0 saturated carbocycles. The van der Waals surface area contributed by atoms with Gasteiger partial charge in [0.15, 0.2) is 16.3 Å². The van der Waals surface area contributed by atoms with E-state index < -0.39 is 29.2 Å². The van der Waals surface area contributed by atoms with E-state index >= 15 is 0 Å². The van der Waals surface area contributed by atoms with Crippen molar-refractivity contribution < 1.29 is 24.3 Å². The molecule has 2 aliphatic rings. The largest absolute Gasteiger partial charge is 0.477 e. The second-order valence-electron chi connectivity index (χ2n) is 8.03. The van der Waals surface area contributed by atoms with Crippen LogP contribution in [-0.2, 0) is 19.2 Å². The third-order valence-corrected chi connectivity index (χ3v) is 10.1. The topological polar surface area (TPSA) is 164 Å². The van der Waals surface area contributed by atoms with E-state index in [1.807, 2.05) is 18.2 Å². The number of anilines is 1. The number of carbonyl (C=O) groups excluding carboxylic acids is 2. The molecular formula is C23H19N5O6S4. The number of amides is 2. The summed E-state index contributed by atoms with van der Waals surface area (Å²) in [6, 6.07) is 7.91. The number of nitrogens with zero attached hydrogens (tertiary/aromatic N) is 3. The highest BCUT2D eigenvalue weighted by atomic mass is 32.2. The molecule has 4 N–H and O–H groups in total. The van der Waals surface area contributed by atoms with Gasteiger partial charge in [0.1, 0.15) is 29.9 Å². The zero-order chi connectivity index (χ0) is 27.0. The Hall–Kier alpha value is -3.40. The Morgan fingerprint density at radius 1 is 1.34 bits per heavy atom. The maximum atomic E-state index is 13.0. The number of rotatable bonds is 8. The lowest BCUT2D eigenvalue weighted by Crippen LogP contribution is -2.71. The number of nitrogens with one attached hydrogen (secondary N) is 1. The van der Waals surface area contributed by atoms with Gasteiger partial charge in [0.2, 0.25) is 0 Å². The van der Waals surface area contributed by atoms with Crippen molar-refractivity contribution in [2.24, 2.45) is 5.16 Å². The number of aliphatic carboxylic acids is 1. The van der Waals surface area contributed by atoms with Crippen LogP contribution in [0.25, 0.3) is 10.1 Å². The van der Waals surface area contributed by atoms with Gasteiger partial charge in [-0.25, -0.2) is 9.78 Å². The van der Waals surface area contributed by atoms with Gasteiger partial charge < -0.3 is 21.0 Å². The summed E-state index contributed by atoms with van der Waals surface area (Å²) in [5.74, 6) is -1.81. The van der Waals surface area contributed by atoms with Crippen LogP contribution in [0.5, 0.6) is 0 Å². The number of carboxylic acids is 1. The zero-order valence-corrected chi connectivity index (χ0v) is 22.8. The average molecular weight is 590 g/mol. The van der Waals surface area contributed by atoms with E-state index in [1.165, 1.54) is 46.9 Å². The molecule has 196 valence electrons. The molecule has 0 radical (unpaired) electrons. The highest BCUT2D eigenvalue weighted by Gasteiger charge is 2.54. The molecule has 15 heteroatoms. The first kappa shape index (κ1) is 26.2. The van der Waals surface area contributed by atoms with Crippen LogP contribution in [0.4, 0.5) is 5.13 Å². The minimum Gasteiger partial charge on any atom is -0.477 e. The predicted octanol–water partition coefficient (Wildman–Crippen LogP) is 2.18. The van der Waals surface area contributed by atoms with E-state index in [-0.39, 0.29) is 27.7 Å². The van der Waals surface area contributed by atoms with Gasteiger partial charge in [-0.1, -0.05) is 17.3 Å². The molecule has 4 heterocycles. The quantitative estimate of drug-likeness (QED) is 0.154. The molecule has 38 heavy (non-hydrogen) atoms. The lowest BCUT2D eigenvalue weighted by Gasteiger charge is -2.49. The number of β-lactam (4-membered cyclic amide) rings is 1. The summed E-state index contributed by atoms with van der Waals surface area (Å²) in [7, 11) is 1.27. The SMILES string of the molecule is CO/N=C(\C(=O)N[C@@H]1C(=O)N2C(C(=O)O)=C(CSc3cc(=O)c4ccccc4s3)CS[C@@H]12)c1csc(N)n1. The number of fused-ring (bicyclic) bond motifs is 2. The smallest absolute Gasteiger partial charge is 0.352 e. The van der Waals surface area contributed by atoms with E-state index in [1.54, 1.807) is 17.5 Å². The summed E-state index contributed by atoms with van der Waals surface area (Å²) in [6.07, 6.45) is 0. The Morgan fingerprint density at radius 2 is 2.13 bits per heavy atom. The number of oxime groups is 1. The molecule has 1 fully saturated rings. The van der Waals surface area contributed by atoms with Crippen LogP contribution in [0.15, 0.2) is 61.1 Å². The predicted molar refractivity (Wildman–Crippen MR) is 149 cm³/mol. The van der Waals surface area contributed by atoms with Gasteiger partial charge in [-0.2, -0.15) is 0 Å². The fraction of sp³-hybridized carbons (Fsp3) is 0.217. The van der Waals surface area contributed by atoms with Crippen LogP contribution in [0, 0.1) is 0 Å². The molecule has 0 aliphatic carbocycles. The van der Waals surface area contributed by atoms with Crippen molar-refractivity contribution in [2.75, 3.05) is 24.3 Å².